The van der Waals surface area contributed by atoms with E-state index in [4.69, 9.17) is 5.11 Å². The van der Waals surface area contributed by atoms with Crippen molar-refractivity contribution in [3.8, 4) is 0 Å². The zero-order valence-electron chi connectivity index (χ0n) is 6.47. The van der Waals surface area contributed by atoms with Gasteiger partial charge < -0.3 is 5.11 Å². The number of carboxylic acids is 1. The van der Waals surface area contributed by atoms with E-state index in [1.54, 1.807) is 0 Å². The number of carboxylic acid groups (broad SMARTS) is 1. The number of hydrogen-bond acceptors (Lipinski definition) is 5. The standard InChI is InChI=1S/C6H2BrN3O3S/c7-5-9-10-3(11)2(4(12)13)1-8-6(10)14-5/h1H,(H,12,13). The van der Waals surface area contributed by atoms with Crippen LogP contribution in [-0.2, 0) is 0 Å². The van der Waals surface area contributed by atoms with Crippen LogP contribution in [0.2, 0.25) is 0 Å². The Balaban J connectivity index is 2.88. The van der Waals surface area contributed by atoms with Gasteiger partial charge in [0.1, 0.15) is 5.56 Å². The molecule has 0 aliphatic heterocycles. The van der Waals surface area contributed by atoms with Crippen molar-refractivity contribution in [1.82, 2.24) is 14.6 Å². The maximum Gasteiger partial charge on any atom is 0.343 e. The molecule has 14 heavy (non-hydrogen) atoms. The van der Waals surface area contributed by atoms with E-state index < -0.39 is 11.5 Å². The summed E-state index contributed by atoms with van der Waals surface area (Å²) in [5.74, 6) is -1.30. The molecule has 72 valence electrons. The van der Waals surface area contributed by atoms with E-state index >= 15 is 0 Å². The van der Waals surface area contributed by atoms with Gasteiger partial charge in [0, 0.05) is 0 Å². The van der Waals surface area contributed by atoms with E-state index in [9.17, 15) is 9.59 Å². The normalized spacial score (nSPS) is 10.6. The first kappa shape index (κ1) is 9.28. The smallest absolute Gasteiger partial charge is 0.343 e. The summed E-state index contributed by atoms with van der Waals surface area (Å²) in [5, 5.41) is 12.4. The van der Waals surface area contributed by atoms with E-state index in [0.29, 0.717) is 8.88 Å². The van der Waals surface area contributed by atoms with E-state index in [2.05, 4.69) is 26.0 Å². The van der Waals surface area contributed by atoms with Crippen molar-refractivity contribution < 1.29 is 9.90 Å². The molecule has 0 spiro atoms. The molecule has 0 radical (unpaired) electrons. The van der Waals surface area contributed by atoms with Gasteiger partial charge >= 0.3 is 5.97 Å². The molecular weight excluding hydrogens is 274 g/mol. The van der Waals surface area contributed by atoms with Crippen LogP contribution in [0.15, 0.2) is 14.9 Å². The third-order valence-corrected chi connectivity index (χ3v) is 2.85. The molecule has 2 aromatic rings. The molecule has 0 saturated carbocycles. The highest BCUT2D eigenvalue weighted by Crippen LogP contribution is 2.16. The highest BCUT2D eigenvalue weighted by atomic mass is 79.9. The van der Waals surface area contributed by atoms with Crippen molar-refractivity contribution >= 4 is 38.2 Å². The molecule has 8 heteroatoms. The van der Waals surface area contributed by atoms with Crippen LogP contribution in [0.25, 0.3) is 4.96 Å². The fourth-order valence-electron chi connectivity index (χ4n) is 0.909. The number of halogens is 1. The molecule has 0 unspecified atom stereocenters. The van der Waals surface area contributed by atoms with Crippen LogP contribution < -0.4 is 5.56 Å². The predicted octanol–water partition coefficient (Wildman–Crippen LogP) is 0.612. The number of carbonyl (C=O) groups is 1. The second-order valence-electron chi connectivity index (χ2n) is 2.33. The van der Waals surface area contributed by atoms with Gasteiger partial charge in [0.05, 0.1) is 6.20 Å². The van der Waals surface area contributed by atoms with Gasteiger partial charge in [-0.05, 0) is 15.9 Å². The first-order chi connectivity index (χ1) is 6.59. The largest absolute Gasteiger partial charge is 0.477 e. The van der Waals surface area contributed by atoms with Gasteiger partial charge in [-0.15, -0.1) is 5.10 Å². The fraction of sp³-hybridized carbons (Fsp3) is 0. The van der Waals surface area contributed by atoms with Crippen LogP contribution in [0, 0.1) is 0 Å². The van der Waals surface area contributed by atoms with Crippen LogP contribution >= 0.6 is 27.3 Å². The summed E-state index contributed by atoms with van der Waals surface area (Å²) in [6, 6.07) is 0. The lowest BCUT2D eigenvalue weighted by molar-refractivity contribution is 0.0694. The fourth-order valence-corrected chi connectivity index (χ4v) is 2.09. The molecule has 0 atom stereocenters. The number of rotatable bonds is 1. The molecular formula is C6H2BrN3O3S. The minimum atomic E-state index is -1.30. The summed E-state index contributed by atoms with van der Waals surface area (Å²) in [6.07, 6.45) is 1.03. The van der Waals surface area contributed by atoms with Crippen molar-refractivity contribution in [2.24, 2.45) is 0 Å². The molecule has 0 fully saturated rings. The van der Waals surface area contributed by atoms with Crippen LogP contribution in [0.3, 0.4) is 0 Å². The maximum absolute atomic E-state index is 11.4. The zero-order chi connectivity index (χ0) is 10.3. The number of aromatic carboxylic acids is 1. The van der Waals surface area contributed by atoms with E-state index in [0.717, 1.165) is 22.0 Å². The monoisotopic (exact) mass is 275 g/mol. The number of nitrogens with zero attached hydrogens (tertiary/aromatic N) is 3. The van der Waals surface area contributed by atoms with Gasteiger partial charge in [0.15, 0.2) is 3.92 Å². The SMILES string of the molecule is O=C(O)c1cnc2sc(Br)nn2c1=O. The molecule has 0 aliphatic carbocycles. The Morgan fingerprint density at radius 3 is 3.00 bits per heavy atom. The Hall–Kier alpha value is -1.28. The minimum absolute atomic E-state index is 0.354. The average molecular weight is 276 g/mol. The van der Waals surface area contributed by atoms with Crippen LogP contribution in [-0.4, -0.2) is 25.7 Å². The average Bonchev–Trinajstić information content (AvgIpc) is 2.46. The van der Waals surface area contributed by atoms with Gasteiger partial charge in [0.25, 0.3) is 5.56 Å². The summed E-state index contributed by atoms with van der Waals surface area (Å²) in [5.41, 5.74) is -1.07. The second-order valence-corrected chi connectivity index (χ2v) is 4.56. The zero-order valence-corrected chi connectivity index (χ0v) is 8.87. The molecule has 1 N–H and O–H groups in total. The molecule has 0 aliphatic rings. The first-order valence-electron chi connectivity index (χ1n) is 3.37. The lowest BCUT2D eigenvalue weighted by atomic mass is 10.3. The lowest BCUT2D eigenvalue weighted by Crippen LogP contribution is -2.22. The molecule has 2 aromatic heterocycles. The van der Waals surface area contributed by atoms with Crippen LogP contribution in [0.4, 0.5) is 0 Å². The van der Waals surface area contributed by atoms with E-state index in [1.165, 1.54) is 0 Å². The molecule has 6 nitrogen and oxygen atoms in total. The maximum atomic E-state index is 11.4. The number of aromatic nitrogens is 3. The minimum Gasteiger partial charge on any atom is -0.477 e. The van der Waals surface area contributed by atoms with Crippen molar-refractivity contribution in [3.63, 3.8) is 0 Å². The summed E-state index contributed by atoms with van der Waals surface area (Å²) in [6.45, 7) is 0. The quantitative estimate of drug-likeness (QED) is 0.825. The van der Waals surface area contributed by atoms with Crippen LogP contribution in [0.5, 0.6) is 0 Å². The molecule has 0 aromatic carbocycles. The molecule has 0 bridgehead atoms. The first-order valence-corrected chi connectivity index (χ1v) is 4.98. The van der Waals surface area contributed by atoms with Crippen molar-refractivity contribution in [2.75, 3.05) is 0 Å². The van der Waals surface area contributed by atoms with Crippen LogP contribution in [0.1, 0.15) is 10.4 Å². The van der Waals surface area contributed by atoms with E-state index in [1.807, 2.05) is 0 Å². The third kappa shape index (κ3) is 1.32. The van der Waals surface area contributed by atoms with E-state index in [-0.39, 0.29) is 5.56 Å². The second kappa shape index (κ2) is 3.14. The summed E-state index contributed by atoms with van der Waals surface area (Å²) in [4.78, 5) is 26.2. The van der Waals surface area contributed by atoms with Crippen molar-refractivity contribution in [1.29, 1.82) is 0 Å². The molecule has 2 heterocycles. The Bertz CT molecular complexity index is 575. The van der Waals surface area contributed by atoms with Gasteiger partial charge in [-0.1, -0.05) is 11.3 Å². The van der Waals surface area contributed by atoms with Crippen molar-refractivity contribution in [2.45, 2.75) is 0 Å². The summed E-state index contributed by atoms with van der Waals surface area (Å²) < 4.78 is 1.43. The topological polar surface area (TPSA) is 84.6 Å². The van der Waals surface area contributed by atoms with Gasteiger partial charge in [-0.2, -0.15) is 4.52 Å². The number of fused-ring (bicyclic) bond motifs is 1. The Morgan fingerprint density at radius 1 is 1.64 bits per heavy atom. The van der Waals surface area contributed by atoms with Crippen molar-refractivity contribution in [3.05, 3.63) is 26.0 Å². The third-order valence-electron chi connectivity index (χ3n) is 1.49. The highest BCUT2D eigenvalue weighted by molar-refractivity contribution is 9.11. The Morgan fingerprint density at radius 2 is 2.36 bits per heavy atom. The lowest BCUT2D eigenvalue weighted by Gasteiger charge is -1.92. The highest BCUT2D eigenvalue weighted by Gasteiger charge is 2.13. The predicted molar refractivity (Wildman–Crippen MR) is 51.8 cm³/mol. The van der Waals surface area contributed by atoms with Gasteiger partial charge in [-0.3, -0.25) is 4.79 Å². The molecule has 2 rings (SSSR count). The molecule has 0 amide bonds. The Kier molecular flexibility index (Phi) is 2.08. The van der Waals surface area contributed by atoms with Gasteiger partial charge in [-0.25, -0.2) is 9.78 Å². The number of hydrogen-bond donors (Lipinski definition) is 1. The summed E-state index contributed by atoms with van der Waals surface area (Å²) >= 11 is 4.23. The van der Waals surface area contributed by atoms with Gasteiger partial charge in [0.2, 0.25) is 4.96 Å². The summed E-state index contributed by atoms with van der Waals surface area (Å²) in [7, 11) is 0. The molecule has 0 saturated heterocycles. The Labute approximate surface area is 89.0 Å².